The van der Waals surface area contributed by atoms with Crippen LogP contribution < -0.4 is 14.4 Å². The van der Waals surface area contributed by atoms with Gasteiger partial charge in [-0.3, -0.25) is 4.79 Å². The van der Waals surface area contributed by atoms with E-state index >= 15 is 0 Å². The molecular formula is C22H27ClN2O3. The molecule has 28 heavy (non-hydrogen) atoms. The molecule has 0 bridgehead atoms. The number of ether oxygens (including phenoxy) is 2. The van der Waals surface area contributed by atoms with Crippen LogP contribution in [-0.4, -0.2) is 50.7 Å². The van der Waals surface area contributed by atoms with Crippen molar-refractivity contribution in [2.75, 3.05) is 44.8 Å². The van der Waals surface area contributed by atoms with E-state index in [9.17, 15) is 4.79 Å². The third-order valence-electron chi connectivity index (χ3n) is 4.90. The van der Waals surface area contributed by atoms with E-state index in [1.165, 1.54) is 5.69 Å². The Bertz CT molecular complexity index is 749. The topological polar surface area (TPSA) is 42.0 Å². The lowest BCUT2D eigenvalue weighted by atomic mass is 10.2. The predicted molar refractivity (Wildman–Crippen MR) is 113 cm³/mol. The van der Waals surface area contributed by atoms with Crippen LogP contribution in [0.15, 0.2) is 48.5 Å². The summed E-state index contributed by atoms with van der Waals surface area (Å²) in [6.07, 6.45) is 2.19. The van der Waals surface area contributed by atoms with Crippen LogP contribution in [0.5, 0.6) is 11.5 Å². The smallest absolute Gasteiger partial charge is 0.222 e. The van der Waals surface area contributed by atoms with Crippen molar-refractivity contribution in [2.24, 2.45) is 0 Å². The van der Waals surface area contributed by atoms with Crippen molar-refractivity contribution in [1.82, 2.24) is 4.90 Å². The van der Waals surface area contributed by atoms with Gasteiger partial charge in [0.2, 0.25) is 5.91 Å². The highest BCUT2D eigenvalue weighted by Gasteiger charge is 2.19. The zero-order valence-corrected chi connectivity index (χ0v) is 17.0. The SMILES string of the molecule is COc1ccc(N2CCCN(C(=O)CCCOc3ccc(Cl)cc3)CC2)cc1. The van der Waals surface area contributed by atoms with Crippen molar-refractivity contribution in [3.63, 3.8) is 0 Å². The zero-order valence-electron chi connectivity index (χ0n) is 16.3. The molecule has 6 heteroatoms. The minimum Gasteiger partial charge on any atom is -0.497 e. The number of carbonyl (C=O) groups is 1. The number of hydrogen-bond donors (Lipinski definition) is 0. The Labute approximate surface area is 171 Å². The van der Waals surface area contributed by atoms with E-state index in [0.29, 0.717) is 24.5 Å². The van der Waals surface area contributed by atoms with Gasteiger partial charge in [0.25, 0.3) is 0 Å². The lowest BCUT2D eigenvalue weighted by molar-refractivity contribution is -0.131. The highest BCUT2D eigenvalue weighted by Crippen LogP contribution is 2.21. The molecule has 3 rings (SSSR count). The van der Waals surface area contributed by atoms with Gasteiger partial charge in [0.05, 0.1) is 13.7 Å². The second-order valence-electron chi connectivity index (χ2n) is 6.83. The highest BCUT2D eigenvalue weighted by atomic mass is 35.5. The van der Waals surface area contributed by atoms with Crippen molar-refractivity contribution in [3.8, 4) is 11.5 Å². The van der Waals surface area contributed by atoms with Crippen molar-refractivity contribution >= 4 is 23.2 Å². The van der Waals surface area contributed by atoms with Crippen LogP contribution in [-0.2, 0) is 4.79 Å². The van der Waals surface area contributed by atoms with Crippen molar-refractivity contribution in [3.05, 3.63) is 53.6 Å². The summed E-state index contributed by atoms with van der Waals surface area (Å²) in [5, 5.41) is 0.687. The minimum absolute atomic E-state index is 0.205. The number of anilines is 1. The number of nitrogens with zero attached hydrogens (tertiary/aromatic N) is 2. The average molecular weight is 403 g/mol. The number of benzene rings is 2. The van der Waals surface area contributed by atoms with E-state index in [1.54, 1.807) is 19.2 Å². The molecule has 150 valence electrons. The Hall–Kier alpha value is -2.40. The molecular weight excluding hydrogens is 376 g/mol. The summed E-state index contributed by atoms with van der Waals surface area (Å²) in [5.41, 5.74) is 1.17. The van der Waals surface area contributed by atoms with E-state index in [0.717, 1.165) is 44.1 Å². The minimum atomic E-state index is 0.205. The number of rotatable bonds is 7. The standard InChI is InChI=1S/C22H27ClN2O3/c1-27-20-11-7-19(8-12-20)24-13-3-14-25(16-15-24)22(26)4-2-17-28-21-9-5-18(23)6-10-21/h5-12H,2-4,13-17H2,1H3. The molecule has 1 fully saturated rings. The Morgan fingerprint density at radius 1 is 0.964 bits per heavy atom. The maximum absolute atomic E-state index is 12.6. The fourth-order valence-electron chi connectivity index (χ4n) is 3.32. The largest absolute Gasteiger partial charge is 0.497 e. The van der Waals surface area contributed by atoms with Crippen LogP contribution in [0.1, 0.15) is 19.3 Å². The van der Waals surface area contributed by atoms with Crippen LogP contribution in [0, 0.1) is 0 Å². The van der Waals surface area contributed by atoms with E-state index < -0.39 is 0 Å². The van der Waals surface area contributed by atoms with Crippen molar-refractivity contribution < 1.29 is 14.3 Å². The van der Waals surface area contributed by atoms with Crippen LogP contribution >= 0.6 is 11.6 Å². The molecule has 0 N–H and O–H groups in total. The Morgan fingerprint density at radius 3 is 2.39 bits per heavy atom. The molecule has 0 radical (unpaired) electrons. The number of amides is 1. The first-order valence-electron chi connectivity index (χ1n) is 9.71. The molecule has 0 spiro atoms. The normalized spacial score (nSPS) is 14.5. The summed E-state index contributed by atoms with van der Waals surface area (Å²) in [6.45, 7) is 3.89. The Morgan fingerprint density at radius 2 is 1.68 bits per heavy atom. The molecule has 0 atom stereocenters. The van der Waals surface area contributed by atoms with Gasteiger partial charge in [-0.05, 0) is 61.4 Å². The first-order valence-corrected chi connectivity index (χ1v) is 10.1. The van der Waals surface area contributed by atoms with Gasteiger partial charge in [0.15, 0.2) is 0 Å². The predicted octanol–water partition coefficient (Wildman–Crippen LogP) is 4.25. The summed E-state index contributed by atoms with van der Waals surface area (Å²) in [4.78, 5) is 16.9. The molecule has 1 saturated heterocycles. The Kier molecular flexibility index (Phi) is 7.43. The van der Waals surface area contributed by atoms with Gasteiger partial charge in [-0.15, -0.1) is 0 Å². The van der Waals surface area contributed by atoms with Gasteiger partial charge < -0.3 is 19.3 Å². The second kappa shape index (κ2) is 10.2. The third-order valence-corrected chi connectivity index (χ3v) is 5.16. The van der Waals surface area contributed by atoms with E-state index in [-0.39, 0.29) is 5.91 Å². The fraction of sp³-hybridized carbons (Fsp3) is 0.409. The molecule has 1 aliphatic heterocycles. The summed E-state index contributed by atoms with van der Waals surface area (Å²) in [5.74, 6) is 1.84. The highest BCUT2D eigenvalue weighted by molar-refractivity contribution is 6.30. The van der Waals surface area contributed by atoms with Crippen LogP contribution in [0.25, 0.3) is 0 Å². The summed E-state index contributed by atoms with van der Waals surface area (Å²) in [7, 11) is 1.67. The van der Waals surface area contributed by atoms with Gasteiger partial charge in [-0.25, -0.2) is 0 Å². The first kappa shape index (κ1) is 20.3. The molecule has 1 heterocycles. The van der Waals surface area contributed by atoms with E-state index in [2.05, 4.69) is 17.0 Å². The van der Waals surface area contributed by atoms with Gasteiger partial charge in [-0.2, -0.15) is 0 Å². The van der Waals surface area contributed by atoms with E-state index in [1.807, 2.05) is 29.2 Å². The van der Waals surface area contributed by atoms with Crippen molar-refractivity contribution in [1.29, 1.82) is 0 Å². The number of hydrogen-bond acceptors (Lipinski definition) is 4. The lowest BCUT2D eigenvalue weighted by Gasteiger charge is -2.24. The van der Waals surface area contributed by atoms with Crippen LogP contribution in [0.2, 0.25) is 5.02 Å². The zero-order chi connectivity index (χ0) is 19.8. The van der Waals surface area contributed by atoms with Gasteiger partial charge in [-0.1, -0.05) is 11.6 Å². The van der Waals surface area contributed by atoms with E-state index in [4.69, 9.17) is 21.1 Å². The molecule has 1 aliphatic rings. The first-order chi connectivity index (χ1) is 13.7. The monoisotopic (exact) mass is 402 g/mol. The quantitative estimate of drug-likeness (QED) is 0.649. The lowest BCUT2D eigenvalue weighted by Crippen LogP contribution is -2.35. The molecule has 0 aliphatic carbocycles. The maximum atomic E-state index is 12.6. The summed E-state index contributed by atoms with van der Waals surface area (Å²) < 4.78 is 10.9. The molecule has 5 nitrogen and oxygen atoms in total. The summed E-state index contributed by atoms with van der Waals surface area (Å²) in [6, 6.07) is 15.4. The number of carbonyl (C=O) groups excluding carboxylic acids is 1. The number of halogens is 1. The molecule has 0 unspecified atom stereocenters. The van der Waals surface area contributed by atoms with Crippen molar-refractivity contribution in [2.45, 2.75) is 19.3 Å². The molecule has 0 aromatic heterocycles. The van der Waals surface area contributed by atoms with Crippen LogP contribution in [0.4, 0.5) is 5.69 Å². The number of methoxy groups -OCH3 is 1. The third kappa shape index (κ3) is 5.80. The molecule has 2 aromatic carbocycles. The second-order valence-corrected chi connectivity index (χ2v) is 7.26. The molecule has 1 amide bonds. The maximum Gasteiger partial charge on any atom is 0.222 e. The molecule has 2 aromatic rings. The van der Waals surface area contributed by atoms with Crippen LogP contribution in [0.3, 0.4) is 0 Å². The summed E-state index contributed by atoms with van der Waals surface area (Å²) >= 11 is 5.86. The average Bonchev–Trinajstić information content (AvgIpc) is 2.99. The molecule has 0 saturated carbocycles. The fourth-order valence-corrected chi connectivity index (χ4v) is 3.45. The Balaban J connectivity index is 1.41. The van der Waals surface area contributed by atoms with Gasteiger partial charge in [0, 0.05) is 43.3 Å². The van der Waals surface area contributed by atoms with Gasteiger partial charge in [0.1, 0.15) is 11.5 Å². The van der Waals surface area contributed by atoms with Gasteiger partial charge >= 0.3 is 0 Å².